The Kier molecular flexibility index (Phi) is 7.32. The molecule has 180 valence electrons. The maximum Gasteiger partial charge on any atom is 0.227 e. The number of ether oxygens (including phenoxy) is 1. The number of unbranched alkanes of at least 4 members (excludes halogenated alkanes) is 5. The minimum atomic E-state index is 0.109. The number of rotatable bonds is 11. The SMILES string of the molecule is CCCCCCCCOc1ccc(C2C=CNN2c2ccc(-c3nc4ccccc4o3)cc2)cc1. The molecule has 4 aromatic rings. The van der Waals surface area contributed by atoms with Crippen LogP contribution in [0.5, 0.6) is 5.75 Å². The van der Waals surface area contributed by atoms with Gasteiger partial charge in [-0.15, -0.1) is 0 Å². The summed E-state index contributed by atoms with van der Waals surface area (Å²) in [5.74, 6) is 1.57. The molecule has 1 N–H and O–H groups in total. The van der Waals surface area contributed by atoms with Crippen molar-refractivity contribution in [1.29, 1.82) is 0 Å². The Morgan fingerprint density at radius 1 is 0.886 bits per heavy atom. The molecule has 0 radical (unpaired) electrons. The van der Waals surface area contributed by atoms with Crippen LogP contribution in [0.15, 0.2) is 89.5 Å². The number of nitrogens with zero attached hydrogens (tertiary/aromatic N) is 2. The van der Waals surface area contributed by atoms with Crippen LogP contribution >= 0.6 is 0 Å². The average molecular weight is 468 g/mol. The van der Waals surface area contributed by atoms with Crippen molar-refractivity contribution in [3.8, 4) is 17.2 Å². The molecule has 1 unspecified atom stereocenters. The second-order valence-electron chi connectivity index (χ2n) is 9.02. The Morgan fingerprint density at radius 2 is 1.66 bits per heavy atom. The van der Waals surface area contributed by atoms with Crippen molar-refractivity contribution in [2.45, 2.75) is 51.5 Å². The van der Waals surface area contributed by atoms with Crippen molar-refractivity contribution in [3.63, 3.8) is 0 Å². The van der Waals surface area contributed by atoms with Crippen LogP contribution in [-0.4, -0.2) is 11.6 Å². The summed E-state index contributed by atoms with van der Waals surface area (Å²) in [6.45, 7) is 3.04. The molecule has 0 fully saturated rings. The van der Waals surface area contributed by atoms with Crippen molar-refractivity contribution in [2.75, 3.05) is 11.6 Å². The van der Waals surface area contributed by atoms with E-state index in [9.17, 15) is 0 Å². The van der Waals surface area contributed by atoms with Gasteiger partial charge in [0.05, 0.1) is 18.3 Å². The second-order valence-corrected chi connectivity index (χ2v) is 9.02. The highest BCUT2D eigenvalue weighted by molar-refractivity contribution is 5.76. The number of oxazole rings is 1. The lowest BCUT2D eigenvalue weighted by atomic mass is 10.1. The van der Waals surface area contributed by atoms with Crippen molar-refractivity contribution >= 4 is 16.8 Å². The van der Waals surface area contributed by atoms with Gasteiger partial charge in [-0.25, -0.2) is 4.98 Å². The van der Waals surface area contributed by atoms with Crippen LogP contribution in [0.1, 0.15) is 57.1 Å². The Bertz CT molecular complexity index is 1210. The van der Waals surface area contributed by atoms with Crippen LogP contribution in [0.4, 0.5) is 5.69 Å². The number of hydrazine groups is 1. The third-order valence-corrected chi connectivity index (χ3v) is 6.44. The number of hydrogen-bond donors (Lipinski definition) is 1. The monoisotopic (exact) mass is 467 g/mol. The molecule has 5 nitrogen and oxygen atoms in total. The number of aromatic nitrogens is 1. The summed E-state index contributed by atoms with van der Waals surface area (Å²) in [6, 6.07) is 24.7. The largest absolute Gasteiger partial charge is 0.494 e. The molecular weight excluding hydrogens is 434 g/mol. The third-order valence-electron chi connectivity index (χ3n) is 6.44. The van der Waals surface area contributed by atoms with Gasteiger partial charge in [0, 0.05) is 11.8 Å². The molecule has 1 aliphatic rings. The molecule has 5 rings (SSSR count). The molecule has 1 aliphatic heterocycles. The molecule has 0 amide bonds. The number of fused-ring (bicyclic) bond motifs is 1. The first-order chi connectivity index (χ1) is 17.3. The molecule has 0 aliphatic carbocycles. The van der Waals surface area contributed by atoms with Crippen molar-refractivity contribution < 1.29 is 9.15 Å². The summed E-state index contributed by atoms with van der Waals surface area (Å²) in [5.41, 5.74) is 8.28. The summed E-state index contributed by atoms with van der Waals surface area (Å²) in [6.07, 6.45) is 11.8. The summed E-state index contributed by atoms with van der Waals surface area (Å²) in [5, 5.41) is 2.15. The maximum absolute atomic E-state index is 5.96. The number of benzene rings is 3. The third kappa shape index (κ3) is 5.51. The van der Waals surface area contributed by atoms with E-state index in [1.54, 1.807) is 0 Å². The van der Waals surface area contributed by atoms with Crippen LogP contribution < -0.4 is 15.2 Å². The van der Waals surface area contributed by atoms with Crippen LogP contribution in [-0.2, 0) is 0 Å². The second kappa shape index (κ2) is 11.1. The first-order valence-electron chi connectivity index (χ1n) is 12.7. The van der Waals surface area contributed by atoms with Crippen molar-refractivity contribution in [3.05, 3.63) is 90.6 Å². The Balaban J connectivity index is 1.19. The first kappa shape index (κ1) is 23.0. The summed E-state index contributed by atoms with van der Waals surface area (Å²) in [4.78, 5) is 4.60. The van der Waals surface area contributed by atoms with Gasteiger partial charge >= 0.3 is 0 Å². The quantitative estimate of drug-likeness (QED) is 0.228. The van der Waals surface area contributed by atoms with Crippen LogP contribution in [0, 0.1) is 0 Å². The molecule has 1 aromatic heterocycles. The van der Waals surface area contributed by atoms with Crippen molar-refractivity contribution in [1.82, 2.24) is 10.4 Å². The summed E-state index contributed by atoms with van der Waals surface area (Å²) < 4.78 is 11.9. The number of nitrogens with one attached hydrogen (secondary N) is 1. The predicted molar refractivity (Wildman–Crippen MR) is 142 cm³/mol. The van der Waals surface area contributed by atoms with E-state index in [0.29, 0.717) is 5.89 Å². The molecule has 0 spiro atoms. The van der Waals surface area contributed by atoms with E-state index in [-0.39, 0.29) is 6.04 Å². The molecule has 0 saturated heterocycles. The zero-order chi connectivity index (χ0) is 23.9. The van der Waals surface area contributed by atoms with E-state index in [0.717, 1.165) is 41.1 Å². The van der Waals surface area contributed by atoms with Gasteiger partial charge in [0.1, 0.15) is 11.3 Å². The smallest absolute Gasteiger partial charge is 0.227 e. The van der Waals surface area contributed by atoms with E-state index < -0.39 is 0 Å². The number of hydrogen-bond acceptors (Lipinski definition) is 5. The van der Waals surface area contributed by atoms with E-state index in [1.807, 2.05) is 30.5 Å². The predicted octanol–water partition coefficient (Wildman–Crippen LogP) is 7.81. The Labute approximate surface area is 207 Å². The van der Waals surface area contributed by atoms with Gasteiger partial charge in [-0.2, -0.15) is 0 Å². The Hall–Kier alpha value is -3.73. The topological polar surface area (TPSA) is 50.5 Å². The molecule has 0 bridgehead atoms. The van der Waals surface area contributed by atoms with E-state index in [2.05, 4.69) is 76.9 Å². The highest BCUT2D eigenvalue weighted by Gasteiger charge is 2.22. The fraction of sp³-hybridized carbons (Fsp3) is 0.300. The molecule has 2 heterocycles. The fourth-order valence-corrected chi connectivity index (χ4v) is 4.47. The molecule has 1 atom stereocenters. The standard InChI is InChI=1S/C30H33N3O2/c1-2-3-4-5-6-9-22-34-26-18-14-23(15-19-26)28-20-21-31-33(28)25-16-12-24(13-17-25)30-32-27-10-7-8-11-29(27)35-30/h7-8,10-21,28,31H,2-6,9,22H2,1H3. The van der Waals surface area contributed by atoms with Crippen LogP contribution in [0.2, 0.25) is 0 Å². The molecule has 0 saturated carbocycles. The lowest BCUT2D eigenvalue weighted by molar-refractivity contribution is 0.304. The molecule has 3 aromatic carbocycles. The zero-order valence-corrected chi connectivity index (χ0v) is 20.3. The van der Waals surface area contributed by atoms with Crippen LogP contribution in [0.25, 0.3) is 22.6 Å². The van der Waals surface area contributed by atoms with Gasteiger partial charge in [0.2, 0.25) is 5.89 Å². The molecular formula is C30H33N3O2. The summed E-state index contributed by atoms with van der Waals surface area (Å²) >= 11 is 0. The zero-order valence-electron chi connectivity index (χ0n) is 20.3. The average Bonchev–Trinajstić information content (AvgIpc) is 3.56. The molecule has 35 heavy (non-hydrogen) atoms. The van der Waals surface area contributed by atoms with Gasteiger partial charge in [-0.1, -0.05) is 63.3 Å². The van der Waals surface area contributed by atoms with Gasteiger partial charge in [-0.05, 0) is 66.6 Å². The lowest BCUT2D eigenvalue weighted by Crippen LogP contribution is -2.32. The van der Waals surface area contributed by atoms with Crippen LogP contribution in [0.3, 0.4) is 0 Å². The fourth-order valence-electron chi connectivity index (χ4n) is 4.47. The highest BCUT2D eigenvalue weighted by Crippen LogP contribution is 2.32. The Morgan fingerprint density at radius 3 is 2.46 bits per heavy atom. The number of para-hydroxylation sites is 2. The number of anilines is 1. The van der Waals surface area contributed by atoms with E-state index in [4.69, 9.17) is 9.15 Å². The maximum atomic E-state index is 5.96. The van der Waals surface area contributed by atoms with Crippen molar-refractivity contribution in [2.24, 2.45) is 0 Å². The van der Waals surface area contributed by atoms with Gasteiger partial charge in [-0.3, -0.25) is 5.01 Å². The van der Waals surface area contributed by atoms with Gasteiger partial charge in [0.15, 0.2) is 5.58 Å². The van der Waals surface area contributed by atoms with Gasteiger partial charge in [0.25, 0.3) is 0 Å². The summed E-state index contributed by atoms with van der Waals surface area (Å²) in [7, 11) is 0. The van der Waals surface area contributed by atoms with Gasteiger partial charge < -0.3 is 14.6 Å². The first-order valence-corrected chi connectivity index (χ1v) is 12.7. The molecule has 5 heteroatoms. The lowest BCUT2D eigenvalue weighted by Gasteiger charge is -2.27. The highest BCUT2D eigenvalue weighted by atomic mass is 16.5. The van der Waals surface area contributed by atoms with E-state index in [1.165, 1.54) is 37.7 Å². The normalized spacial score (nSPS) is 15.0. The minimum absolute atomic E-state index is 0.109. The minimum Gasteiger partial charge on any atom is -0.494 e. The van der Waals surface area contributed by atoms with E-state index >= 15 is 0 Å².